The van der Waals surface area contributed by atoms with Gasteiger partial charge in [0.15, 0.2) is 6.10 Å². The summed E-state index contributed by atoms with van der Waals surface area (Å²) in [7, 11) is 0. The van der Waals surface area contributed by atoms with Gasteiger partial charge in [0, 0.05) is 60.4 Å². The minimum absolute atomic E-state index is 0.224. The highest BCUT2D eigenvalue weighted by atomic mass is 19.1. The molecule has 214 valence electrons. The molecule has 1 atom stereocenters. The molecule has 3 heterocycles. The van der Waals surface area contributed by atoms with Gasteiger partial charge in [0.2, 0.25) is 5.88 Å². The van der Waals surface area contributed by atoms with E-state index in [2.05, 4.69) is 28.7 Å². The molecule has 3 aromatic rings. The van der Waals surface area contributed by atoms with Crippen molar-refractivity contribution in [2.75, 3.05) is 24.6 Å². The van der Waals surface area contributed by atoms with Gasteiger partial charge in [0.25, 0.3) is 0 Å². The molecule has 1 aromatic carbocycles. The average Bonchev–Trinajstić information content (AvgIpc) is 2.88. The van der Waals surface area contributed by atoms with Gasteiger partial charge < -0.3 is 19.5 Å². The highest BCUT2D eigenvalue weighted by Crippen LogP contribution is 2.43. The summed E-state index contributed by atoms with van der Waals surface area (Å²) in [4.78, 5) is 24.0. The number of nitrogens with zero attached hydrogens (tertiary/aromatic N) is 3. The van der Waals surface area contributed by atoms with E-state index in [0.717, 1.165) is 48.3 Å². The number of carbonyl (C=O) groups is 1. The smallest absolute Gasteiger partial charge is 0.337 e. The number of pyridine rings is 2. The SMILES string of the molecule is Cc1ncc(-c2ccc(OCCc3ccc(F)cc3)nc2)c(N2CCC(C)(C)CC2)c1[C@H](OC(C)(C)C)C(=O)O. The normalized spacial score (nSPS) is 16.0. The highest BCUT2D eigenvalue weighted by molar-refractivity contribution is 5.86. The van der Waals surface area contributed by atoms with Gasteiger partial charge in [-0.05, 0) is 69.7 Å². The fourth-order valence-corrected chi connectivity index (χ4v) is 4.95. The number of piperidine rings is 1. The third-order valence-corrected chi connectivity index (χ3v) is 7.28. The van der Waals surface area contributed by atoms with Crippen LogP contribution in [0.3, 0.4) is 0 Å². The van der Waals surface area contributed by atoms with Crippen LogP contribution in [0.5, 0.6) is 5.88 Å². The standard InChI is InChI=1S/C32H40FN3O4/c1-21-27(29(30(37)38)40-31(2,3)4)28(36-16-14-32(5,6)15-17-36)25(20-34-21)23-9-12-26(35-19-23)39-18-13-22-7-10-24(33)11-8-22/h7-12,19-20,29H,13-18H2,1-6H3,(H,37,38)/t29-/m0/s1. The van der Waals surface area contributed by atoms with Crippen molar-refractivity contribution in [2.24, 2.45) is 5.41 Å². The fraction of sp³-hybridized carbons (Fsp3) is 0.469. The van der Waals surface area contributed by atoms with Gasteiger partial charge in [-0.1, -0.05) is 26.0 Å². The van der Waals surface area contributed by atoms with Crippen molar-refractivity contribution < 1.29 is 23.8 Å². The molecule has 1 aliphatic heterocycles. The van der Waals surface area contributed by atoms with Crippen LogP contribution in [0.15, 0.2) is 48.8 Å². The molecule has 0 amide bonds. The first-order valence-corrected chi connectivity index (χ1v) is 13.8. The molecule has 1 fully saturated rings. The van der Waals surface area contributed by atoms with E-state index in [4.69, 9.17) is 9.47 Å². The maximum atomic E-state index is 13.2. The van der Waals surface area contributed by atoms with Crippen molar-refractivity contribution in [3.63, 3.8) is 0 Å². The van der Waals surface area contributed by atoms with Crippen LogP contribution in [0.25, 0.3) is 11.1 Å². The van der Waals surface area contributed by atoms with Crippen LogP contribution in [-0.4, -0.2) is 46.3 Å². The van der Waals surface area contributed by atoms with Crippen molar-refractivity contribution in [3.8, 4) is 17.0 Å². The van der Waals surface area contributed by atoms with E-state index in [0.29, 0.717) is 30.2 Å². The summed E-state index contributed by atoms with van der Waals surface area (Å²) < 4.78 is 25.1. The zero-order chi connectivity index (χ0) is 29.1. The molecule has 0 radical (unpaired) electrons. The second-order valence-corrected chi connectivity index (χ2v) is 12.2. The lowest BCUT2D eigenvalue weighted by atomic mass is 9.82. The summed E-state index contributed by atoms with van der Waals surface area (Å²) in [6.07, 6.45) is 4.99. The summed E-state index contributed by atoms with van der Waals surface area (Å²) in [5.41, 5.74) is 4.23. The maximum Gasteiger partial charge on any atom is 0.337 e. The monoisotopic (exact) mass is 549 g/mol. The van der Waals surface area contributed by atoms with Gasteiger partial charge in [-0.2, -0.15) is 0 Å². The largest absolute Gasteiger partial charge is 0.479 e. The molecule has 2 aromatic heterocycles. The number of anilines is 1. The van der Waals surface area contributed by atoms with Crippen molar-refractivity contribution in [1.82, 2.24) is 9.97 Å². The number of carboxylic acid groups (broad SMARTS) is 1. The number of aliphatic carboxylic acids is 1. The number of carboxylic acids is 1. The Morgan fingerprint density at radius 1 is 1.07 bits per heavy atom. The van der Waals surface area contributed by atoms with E-state index in [1.807, 2.05) is 39.8 Å². The van der Waals surface area contributed by atoms with Crippen molar-refractivity contribution in [2.45, 2.75) is 72.5 Å². The zero-order valence-electron chi connectivity index (χ0n) is 24.3. The Morgan fingerprint density at radius 2 is 1.75 bits per heavy atom. The van der Waals surface area contributed by atoms with Gasteiger partial charge in [-0.25, -0.2) is 14.2 Å². The van der Waals surface area contributed by atoms with E-state index in [9.17, 15) is 14.3 Å². The second kappa shape index (κ2) is 11.9. The molecule has 0 unspecified atom stereocenters. The Labute approximate surface area is 236 Å². The molecule has 1 N–H and O–H groups in total. The van der Waals surface area contributed by atoms with Crippen molar-refractivity contribution in [1.29, 1.82) is 0 Å². The topological polar surface area (TPSA) is 84.8 Å². The number of aryl methyl sites for hydroxylation is 1. The van der Waals surface area contributed by atoms with E-state index in [1.54, 1.807) is 24.5 Å². The maximum absolute atomic E-state index is 13.2. The van der Waals surface area contributed by atoms with Gasteiger partial charge >= 0.3 is 5.97 Å². The Hall–Kier alpha value is -3.52. The Bertz CT molecular complexity index is 1310. The van der Waals surface area contributed by atoms with Gasteiger partial charge in [0.1, 0.15) is 5.82 Å². The predicted octanol–water partition coefficient (Wildman–Crippen LogP) is 6.78. The van der Waals surface area contributed by atoms with Crippen LogP contribution in [0.2, 0.25) is 0 Å². The lowest BCUT2D eigenvalue weighted by Crippen LogP contribution is -2.39. The summed E-state index contributed by atoms with van der Waals surface area (Å²) in [5, 5.41) is 10.3. The number of hydrogen-bond donors (Lipinski definition) is 1. The second-order valence-electron chi connectivity index (χ2n) is 12.2. The molecule has 4 rings (SSSR count). The fourth-order valence-electron chi connectivity index (χ4n) is 4.95. The number of ether oxygens (including phenoxy) is 2. The summed E-state index contributed by atoms with van der Waals surface area (Å²) >= 11 is 0. The van der Waals surface area contributed by atoms with Crippen LogP contribution in [0.4, 0.5) is 10.1 Å². The Balaban J connectivity index is 1.67. The number of benzene rings is 1. The first-order valence-electron chi connectivity index (χ1n) is 13.8. The summed E-state index contributed by atoms with van der Waals surface area (Å²) in [6, 6.07) is 10.1. The Morgan fingerprint density at radius 3 is 2.33 bits per heavy atom. The molecule has 0 spiro atoms. The van der Waals surface area contributed by atoms with Crippen molar-refractivity contribution in [3.05, 3.63) is 71.4 Å². The van der Waals surface area contributed by atoms with Crippen LogP contribution in [0, 0.1) is 18.2 Å². The van der Waals surface area contributed by atoms with Gasteiger partial charge in [-0.15, -0.1) is 0 Å². The molecule has 0 bridgehead atoms. The average molecular weight is 550 g/mol. The third kappa shape index (κ3) is 7.36. The molecule has 0 aliphatic carbocycles. The third-order valence-electron chi connectivity index (χ3n) is 7.28. The minimum atomic E-state index is -1.17. The number of rotatable bonds is 9. The van der Waals surface area contributed by atoms with Crippen LogP contribution in [-0.2, 0) is 16.0 Å². The van der Waals surface area contributed by atoms with Crippen LogP contribution >= 0.6 is 0 Å². The lowest BCUT2D eigenvalue weighted by Gasteiger charge is -2.40. The quantitative estimate of drug-likeness (QED) is 0.315. The molecule has 8 heteroatoms. The number of hydrogen-bond acceptors (Lipinski definition) is 6. The molecule has 1 aliphatic rings. The number of aromatic nitrogens is 2. The molecule has 7 nitrogen and oxygen atoms in total. The van der Waals surface area contributed by atoms with E-state index >= 15 is 0 Å². The van der Waals surface area contributed by atoms with E-state index in [1.165, 1.54) is 12.1 Å². The van der Waals surface area contributed by atoms with Gasteiger partial charge in [0.05, 0.1) is 17.9 Å². The first-order chi connectivity index (χ1) is 18.8. The van der Waals surface area contributed by atoms with Crippen molar-refractivity contribution >= 4 is 11.7 Å². The van der Waals surface area contributed by atoms with E-state index < -0.39 is 17.7 Å². The molecular weight excluding hydrogens is 509 g/mol. The summed E-state index contributed by atoms with van der Waals surface area (Å²) in [5.74, 6) is -0.826. The predicted molar refractivity (Wildman–Crippen MR) is 154 cm³/mol. The minimum Gasteiger partial charge on any atom is -0.479 e. The highest BCUT2D eigenvalue weighted by Gasteiger charge is 2.35. The number of halogens is 1. The van der Waals surface area contributed by atoms with Crippen LogP contribution < -0.4 is 9.64 Å². The van der Waals surface area contributed by atoms with Gasteiger partial charge in [-0.3, -0.25) is 4.98 Å². The van der Waals surface area contributed by atoms with E-state index in [-0.39, 0.29) is 11.2 Å². The molecular formula is C32H40FN3O4. The zero-order valence-corrected chi connectivity index (χ0v) is 24.3. The molecule has 40 heavy (non-hydrogen) atoms. The molecule has 1 saturated heterocycles. The Kier molecular flexibility index (Phi) is 8.78. The summed E-state index contributed by atoms with van der Waals surface area (Å²) in [6.45, 7) is 14.0. The van der Waals surface area contributed by atoms with Crippen LogP contribution in [0.1, 0.15) is 70.4 Å². The lowest BCUT2D eigenvalue weighted by molar-refractivity contribution is -0.160. The first kappa shape index (κ1) is 29.5. The molecule has 0 saturated carbocycles.